The van der Waals surface area contributed by atoms with Gasteiger partial charge in [0.15, 0.2) is 5.15 Å². The second kappa shape index (κ2) is 6.07. The Labute approximate surface area is 119 Å². The second-order valence-electron chi connectivity index (χ2n) is 4.42. The molecule has 0 aliphatic heterocycles. The van der Waals surface area contributed by atoms with Gasteiger partial charge >= 0.3 is 0 Å². The van der Waals surface area contributed by atoms with Gasteiger partial charge in [0.25, 0.3) is 0 Å². The molecule has 0 bridgehead atoms. The van der Waals surface area contributed by atoms with Crippen molar-refractivity contribution in [3.63, 3.8) is 0 Å². The average molecular weight is 338 g/mol. The number of pyridine rings is 1. The van der Waals surface area contributed by atoms with Crippen LogP contribution >= 0.6 is 39.3 Å². The predicted octanol–water partition coefficient (Wildman–Crippen LogP) is 3.97. The lowest BCUT2D eigenvalue weighted by atomic mass is 10.3. The summed E-state index contributed by atoms with van der Waals surface area (Å²) in [4.78, 5) is 15.7. The maximum absolute atomic E-state index is 11.7. The fourth-order valence-electron chi connectivity index (χ4n) is 0.974. The number of halogens is 2. The first kappa shape index (κ1) is 14.8. The first-order valence-corrected chi connectivity index (χ1v) is 7.19. The molecule has 0 unspecified atom stereocenters. The van der Waals surface area contributed by atoms with Crippen molar-refractivity contribution in [2.24, 2.45) is 0 Å². The minimum absolute atomic E-state index is 0.0686. The summed E-state index contributed by atoms with van der Waals surface area (Å²) in [6, 6.07) is 3.46. The van der Waals surface area contributed by atoms with Gasteiger partial charge in [-0.15, -0.1) is 11.8 Å². The van der Waals surface area contributed by atoms with E-state index >= 15 is 0 Å². The zero-order chi connectivity index (χ0) is 13.1. The predicted molar refractivity (Wildman–Crippen MR) is 77.8 cm³/mol. The highest BCUT2D eigenvalue weighted by Crippen LogP contribution is 2.25. The molecule has 1 N–H and O–H groups in total. The van der Waals surface area contributed by atoms with Crippen LogP contribution in [0.15, 0.2) is 16.7 Å². The Balaban J connectivity index is 2.57. The van der Waals surface area contributed by atoms with E-state index in [0.717, 1.165) is 0 Å². The lowest BCUT2D eigenvalue weighted by molar-refractivity contribution is -0.113. The van der Waals surface area contributed by atoms with E-state index in [1.165, 1.54) is 0 Å². The number of hydrogen-bond donors (Lipinski definition) is 1. The fraction of sp³-hybridized carbons (Fsp3) is 0.455. The molecule has 0 radical (unpaired) electrons. The molecule has 1 aromatic rings. The smallest absolute Gasteiger partial charge is 0.234 e. The number of thioether (sulfide) groups is 1. The van der Waals surface area contributed by atoms with E-state index in [2.05, 4.69) is 47.0 Å². The molecule has 1 amide bonds. The standard InChI is InChI=1S/C11H14BrClN2OS/c1-11(2,3)17-6-9(16)14-7-4-5-8(12)15-10(7)13/h4-5H,6H2,1-3H3,(H,14,16). The molecule has 0 fully saturated rings. The molecule has 0 saturated heterocycles. The number of nitrogens with zero attached hydrogens (tertiary/aromatic N) is 1. The van der Waals surface area contributed by atoms with E-state index in [9.17, 15) is 4.79 Å². The van der Waals surface area contributed by atoms with E-state index in [4.69, 9.17) is 11.6 Å². The Morgan fingerprint density at radius 2 is 2.18 bits per heavy atom. The van der Waals surface area contributed by atoms with Crippen molar-refractivity contribution in [2.75, 3.05) is 11.1 Å². The molecule has 3 nitrogen and oxygen atoms in total. The van der Waals surface area contributed by atoms with Gasteiger partial charge in [-0.05, 0) is 28.1 Å². The van der Waals surface area contributed by atoms with Gasteiger partial charge < -0.3 is 5.32 Å². The van der Waals surface area contributed by atoms with Crippen LogP contribution in [0.3, 0.4) is 0 Å². The van der Waals surface area contributed by atoms with Gasteiger partial charge in [-0.2, -0.15) is 0 Å². The number of nitrogens with one attached hydrogen (secondary N) is 1. The maximum Gasteiger partial charge on any atom is 0.234 e. The Bertz CT molecular complexity index is 420. The molecule has 0 aromatic carbocycles. The zero-order valence-electron chi connectivity index (χ0n) is 9.88. The van der Waals surface area contributed by atoms with Crippen LogP contribution in [0.2, 0.25) is 5.15 Å². The third kappa shape index (κ3) is 5.75. The second-order valence-corrected chi connectivity index (χ2v) is 7.39. The van der Waals surface area contributed by atoms with Crippen LogP contribution < -0.4 is 5.32 Å². The van der Waals surface area contributed by atoms with Crippen LogP contribution in [0, 0.1) is 0 Å². The van der Waals surface area contributed by atoms with Crippen LogP contribution in [-0.2, 0) is 4.79 Å². The summed E-state index contributed by atoms with van der Waals surface area (Å²) in [5.74, 6) is 0.326. The summed E-state index contributed by atoms with van der Waals surface area (Å²) >= 11 is 10.7. The van der Waals surface area contributed by atoms with E-state index in [1.807, 2.05) is 0 Å². The van der Waals surface area contributed by atoms with Crippen LogP contribution in [0.25, 0.3) is 0 Å². The zero-order valence-corrected chi connectivity index (χ0v) is 13.0. The molecule has 0 aliphatic rings. The molecule has 1 heterocycles. The molecule has 1 rings (SSSR count). The lowest BCUT2D eigenvalue weighted by Gasteiger charge is -2.17. The number of carbonyl (C=O) groups excluding carboxylic acids is 1. The van der Waals surface area contributed by atoms with Gasteiger partial charge in [0.1, 0.15) is 4.60 Å². The number of carbonyl (C=O) groups is 1. The molecule has 1 aromatic heterocycles. The third-order valence-corrected chi connectivity index (χ3v) is 3.73. The molecular formula is C11H14BrClN2OS. The molecule has 0 atom stereocenters. The van der Waals surface area contributed by atoms with E-state index in [1.54, 1.807) is 23.9 Å². The average Bonchev–Trinajstić information content (AvgIpc) is 2.18. The summed E-state index contributed by atoms with van der Waals surface area (Å²) in [5, 5.41) is 3.02. The Morgan fingerprint density at radius 1 is 1.53 bits per heavy atom. The Kier molecular flexibility index (Phi) is 5.28. The lowest BCUT2D eigenvalue weighted by Crippen LogP contribution is -2.19. The molecule has 0 saturated carbocycles. The van der Waals surface area contributed by atoms with Crippen molar-refractivity contribution in [3.8, 4) is 0 Å². The van der Waals surface area contributed by atoms with Gasteiger partial charge in [0, 0.05) is 4.75 Å². The van der Waals surface area contributed by atoms with E-state index in [-0.39, 0.29) is 15.8 Å². The molecule has 0 spiro atoms. The molecule has 6 heteroatoms. The minimum atomic E-state index is -0.0732. The highest BCUT2D eigenvalue weighted by atomic mass is 79.9. The summed E-state index contributed by atoms with van der Waals surface area (Å²) in [6.45, 7) is 6.21. The van der Waals surface area contributed by atoms with Crippen molar-refractivity contribution in [1.82, 2.24) is 4.98 Å². The number of rotatable bonds is 3. The van der Waals surface area contributed by atoms with Gasteiger partial charge in [0.05, 0.1) is 11.4 Å². The highest BCUT2D eigenvalue weighted by molar-refractivity contribution is 9.10. The van der Waals surface area contributed by atoms with Gasteiger partial charge in [-0.3, -0.25) is 4.79 Å². The quantitative estimate of drug-likeness (QED) is 0.849. The maximum atomic E-state index is 11.7. The van der Waals surface area contributed by atoms with Crippen LogP contribution in [0.4, 0.5) is 5.69 Å². The molecule has 17 heavy (non-hydrogen) atoms. The van der Waals surface area contributed by atoms with Crippen LogP contribution in [0.5, 0.6) is 0 Å². The van der Waals surface area contributed by atoms with Gasteiger partial charge in [0.2, 0.25) is 5.91 Å². The molecule has 94 valence electrons. The number of amides is 1. The number of aromatic nitrogens is 1. The van der Waals surface area contributed by atoms with E-state index in [0.29, 0.717) is 16.0 Å². The Morgan fingerprint density at radius 3 is 2.71 bits per heavy atom. The molecule has 0 aliphatic carbocycles. The first-order valence-electron chi connectivity index (χ1n) is 5.04. The largest absolute Gasteiger partial charge is 0.323 e. The van der Waals surface area contributed by atoms with Crippen molar-refractivity contribution in [2.45, 2.75) is 25.5 Å². The summed E-state index contributed by atoms with van der Waals surface area (Å²) in [5.41, 5.74) is 0.536. The third-order valence-electron chi connectivity index (χ3n) is 1.73. The van der Waals surface area contributed by atoms with Crippen molar-refractivity contribution in [3.05, 3.63) is 21.9 Å². The minimum Gasteiger partial charge on any atom is -0.323 e. The number of anilines is 1. The normalized spacial score (nSPS) is 11.4. The van der Waals surface area contributed by atoms with Crippen LogP contribution in [0.1, 0.15) is 20.8 Å². The van der Waals surface area contributed by atoms with Crippen LogP contribution in [-0.4, -0.2) is 21.4 Å². The molecular weight excluding hydrogens is 324 g/mol. The summed E-state index contributed by atoms with van der Waals surface area (Å²) < 4.78 is 0.712. The topological polar surface area (TPSA) is 42.0 Å². The van der Waals surface area contributed by atoms with Crippen molar-refractivity contribution in [1.29, 1.82) is 0 Å². The van der Waals surface area contributed by atoms with Gasteiger partial charge in [-0.25, -0.2) is 4.98 Å². The monoisotopic (exact) mass is 336 g/mol. The first-order chi connectivity index (χ1) is 7.78. The summed E-state index contributed by atoms with van der Waals surface area (Å²) in [7, 11) is 0. The van der Waals surface area contributed by atoms with Gasteiger partial charge in [-0.1, -0.05) is 32.4 Å². The fourth-order valence-corrected chi connectivity index (χ4v) is 2.22. The summed E-state index contributed by atoms with van der Waals surface area (Å²) in [6.07, 6.45) is 0. The van der Waals surface area contributed by atoms with Crippen molar-refractivity contribution < 1.29 is 4.79 Å². The number of hydrogen-bond acceptors (Lipinski definition) is 3. The van der Waals surface area contributed by atoms with E-state index < -0.39 is 0 Å². The van der Waals surface area contributed by atoms with Crippen molar-refractivity contribution >= 4 is 50.9 Å². The highest BCUT2D eigenvalue weighted by Gasteiger charge is 2.14. The SMILES string of the molecule is CC(C)(C)SCC(=O)Nc1ccc(Br)nc1Cl. The Hall–Kier alpha value is -0.260.